The van der Waals surface area contributed by atoms with Crippen molar-refractivity contribution in [3.8, 4) is 0 Å². The van der Waals surface area contributed by atoms with E-state index in [2.05, 4.69) is 0 Å². The zero-order chi connectivity index (χ0) is 18.2. The fourth-order valence-electron chi connectivity index (χ4n) is 3.17. The Kier molecular flexibility index (Phi) is 6.22. The highest BCUT2D eigenvalue weighted by Crippen LogP contribution is 2.42. The van der Waals surface area contributed by atoms with E-state index >= 15 is 0 Å². The van der Waals surface area contributed by atoms with Gasteiger partial charge < -0.3 is 44.8 Å². The number of ether oxygens (including phenoxy) is 3. The van der Waals surface area contributed by atoms with Gasteiger partial charge in [0.1, 0.15) is 30.5 Å². The van der Waals surface area contributed by atoms with Crippen LogP contribution in [-0.4, -0.2) is 93.1 Å². The van der Waals surface area contributed by atoms with Gasteiger partial charge in [-0.3, -0.25) is 0 Å². The molecule has 9 unspecified atom stereocenters. The third-order valence-electron chi connectivity index (χ3n) is 5.39. The number of aliphatic hydroxyl groups excluding tert-OH is 6. The van der Waals surface area contributed by atoms with Gasteiger partial charge in [0.2, 0.25) is 0 Å². The van der Waals surface area contributed by atoms with Crippen molar-refractivity contribution in [1.82, 2.24) is 0 Å². The highest BCUT2D eigenvalue weighted by atomic mass is 16.7. The minimum Gasteiger partial charge on any atom is -0.394 e. The van der Waals surface area contributed by atoms with E-state index in [1.165, 1.54) is 0 Å². The summed E-state index contributed by atoms with van der Waals surface area (Å²) in [7, 11) is 0. The Bertz CT molecular complexity index is 412. The SMILES string of the molecule is CC1C(O)C(OC2C(CO)OC(O)C(O)C2O)OC(CO)C1(C)C. The first kappa shape index (κ1) is 20.0. The lowest BCUT2D eigenvalue weighted by Gasteiger charge is -2.50. The molecule has 2 aliphatic rings. The third kappa shape index (κ3) is 3.46. The van der Waals surface area contributed by atoms with E-state index in [-0.39, 0.29) is 12.5 Å². The molecule has 0 saturated carbocycles. The molecule has 2 saturated heterocycles. The Hall–Kier alpha value is -0.360. The van der Waals surface area contributed by atoms with Crippen LogP contribution in [0, 0.1) is 11.3 Å². The molecule has 0 aromatic rings. The highest BCUT2D eigenvalue weighted by molar-refractivity contribution is 4.95. The average molecular weight is 352 g/mol. The molecule has 0 aromatic carbocycles. The molecule has 2 rings (SSSR count). The minimum atomic E-state index is -1.66. The van der Waals surface area contributed by atoms with E-state index in [0.717, 1.165) is 0 Å². The molecule has 2 fully saturated rings. The van der Waals surface area contributed by atoms with Crippen molar-refractivity contribution in [3.63, 3.8) is 0 Å². The lowest BCUT2D eigenvalue weighted by molar-refractivity contribution is -0.354. The molecule has 0 aromatic heterocycles. The van der Waals surface area contributed by atoms with Gasteiger partial charge in [-0.05, 0) is 11.3 Å². The normalized spacial score (nSPS) is 49.1. The van der Waals surface area contributed by atoms with Crippen LogP contribution < -0.4 is 0 Å². The molecule has 142 valence electrons. The maximum Gasteiger partial charge on any atom is 0.184 e. The first-order valence-electron chi connectivity index (χ1n) is 8.05. The number of hydrogen-bond donors (Lipinski definition) is 6. The van der Waals surface area contributed by atoms with Crippen molar-refractivity contribution in [2.45, 2.75) is 70.0 Å². The molecule has 2 heterocycles. The van der Waals surface area contributed by atoms with Crippen LogP contribution in [0.25, 0.3) is 0 Å². The van der Waals surface area contributed by atoms with Gasteiger partial charge >= 0.3 is 0 Å². The smallest absolute Gasteiger partial charge is 0.184 e. The van der Waals surface area contributed by atoms with Crippen molar-refractivity contribution >= 4 is 0 Å². The van der Waals surface area contributed by atoms with Gasteiger partial charge in [0.05, 0.1) is 19.3 Å². The van der Waals surface area contributed by atoms with Gasteiger partial charge in [-0.2, -0.15) is 0 Å². The molecule has 0 bridgehead atoms. The maximum absolute atomic E-state index is 10.5. The van der Waals surface area contributed by atoms with Crippen LogP contribution in [0.5, 0.6) is 0 Å². The molecule has 0 spiro atoms. The summed E-state index contributed by atoms with van der Waals surface area (Å²) >= 11 is 0. The summed E-state index contributed by atoms with van der Waals surface area (Å²) in [5.41, 5.74) is -0.512. The van der Waals surface area contributed by atoms with Crippen LogP contribution in [0.2, 0.25) is 0 Å². The van der Waals surface area contributed by atoms with Crippen molar-refractivity contribution in [2.75, 3.05) is 13.2 Å². The van der Waals surface area contributed by atoms with E-state index in [1.54, 1.807) is 6.92 Å². The number of aliphatic hydroxyl groups is 6. The third-order valence-corrected chi connectivity index (χ3v) is 5.39. The van der Waals surface area contributed by atoms with Crippen molar-refractivity contribution < 1.29 is 44.8 Å². The molecule has 24 heavy (non-hydrogen) atoms. The second-order valence-electron chi connectivity index (χ2n) is 7.11. The molecule has 0 aliphatic carbocycles. The predicted octanol–water partition coefficient (Wildman–Crippen LogP) is -2.46. The van der Waals surface area contributed by atoms with E-state index in [4.69, 9.17) is 14.2 Å². The number of hydrogen-bond acceptors (Lipinski definition) is 9. The van der Waals surface area contributed by atoms with Crippen LogP contribution in [-0.2, 0) is 14.2 Å². The monoisotopic (exact) mass is 352 g/mol. The Labute approximate surface area is 140 Å². The van der Waals surface area contributed by atoms with E-state index in [1.807, 2.05) is 13.8 Å². The summed E-state index contributed by atoms with van der Waals surface area (Å²) in [6.07, 6.45) is -10.0. The standard InChI is InChI=1S/C15H28O9/c1-6-9(18)14(23-8(5-17)15(6,2)3)24-12-7(4-16)22-13(21)11(20)10(12)19/h6-14,16-21H,4-5H2,1-3H3. The summed E-state index contributed by atoms with van der Waals surface area (Å²) < 4.78 is 16.2. The van der Waals surface area contributed by atoms with Crippen LogP contribution in [0.3, 0.4) is 0 Å². The zero-order valence-corrected chi connectivity index (χ0v) is 14.0. The zero-order valence-electron chi connectivity index (χ0n) is 14.0. The Morgan fingerprint density at radius 3 is 2.08 bits per heavy atom. The maximum atomic E-state index is 10.5. The minimum absolute atomic E-state index is 0.279. The second-order valence-corrected chi connectivity index (χ2v) is 7.11. The van der Waals surface area contributed by atoms with Gasteiger partial charge in [-0.1, -0.05) is 20.8 Å². The van der Waals surface area contributed by atoms with Gasteiger partial charge in [0.15, 0.2) is 12.6 Å². The van der Waals surface area contributed by atoms with E-state index in [9.17, 15) is 30.6 Å². The molecular formula is C15H28O9. The fourth-order valence-corrected chi connectivity index (χ4v) is 3.17. The number of rotatable bonds is 4. The summed E-state index contributed by atoms with van der Waals surface area (Å²) in [6.45, 7) is 4.65. The first-order valence-corrected chi connectivity index (χ1v) is 8.05. The molecule has 2 aliphatic heterocycles. The van der Waals surface area contributed by atoms with Crippen molar-refractivity contribution in [2.24, 2.45) is 11.3 Å². The second kappa shape index (κ2) is 7.48. The molecule has 0 radical (unpaired) electrons. The first-order chi connectivity index (χ1) is 11.1. The summed E-state index contributed by atoms with van der Waals surface area (Å²) in [5, 5.41) is 58.7. The fraction of sp³-hybridized carbons (Fsp3) is 1.00. The van der Waals surface area contributed by atoms with Crippen LogP contribution in [0.15, 0.2) is 0 Å². The predicted molar refractivity (Wildman–Crippen MR) is 79.6 cm³/mol. The van der Waals surface area contributed by atoms with Crippen LogP contribution in [0.4, 0.5) is 0 Å². The van der Waals surface area contributed by atoms with Gasteiger partial charge in [0.25, 0.3) is 0 Å². The van der Waals surface area contributed by atoms with Crippen LogP contribution >= 0.6 is 0 Å². The topological polar surface area (TPSA) is 149 Å². The summed E-state index contributed by atoms with van der Waals surface area (Å²) in [4.78, 5) is 0. The Balaban J connectivity index is 2.16. The van der Waals surface area contributed by atoms with E-state index in [0.29, 0.717) is 0 Å². The van der Waals surface area contributed by atoms with Gasteiger partial charge in [0, 0.05) is 0 Å². The van der Waals surface area contributed by atoms with Crippen molar-refractivity contribution in [1.29, 1.82) is 0 Å². The highest BCUT2D eigenvalue weighted by Gasteiger charge is 2.51. The lowest BCUT2D eigenvalue weighted by Crippen LogP contribution is -2.63. The molecular weight excluding hydrogens is 324 g/mol. The molecule has 0 amide bonds. The van der Waals surface area contributed by atoms with Gasteiger partial charge in [-0.15, -0.1) is 0 Å². The van der Waals surface area contributed by atoms with E-state index < -0.39 is 61.2 Å². The van der Waals surface area contributed by atoms with Crippen LogP contribution in [0.1, 0.15) is 20.8 Å². The molecule has 9 nitrogen and oxygen atoms in total. The summed E-state index contributed by atoms with van der Waals surface area (Å²) in [6, 6.07) is 0. The quantitative estimate of drug-likeness (QED) is 0.324. The average Bonchev–Trinajstić information content (AvgIpc) is 2.55. The molecule has 9 atom stereocenters. The Morgan fingerprint density at radius 1 is 0.917 bits per heavy atom. The van der Waals surface area contributed by atoms with Crippen molar-refractivity contribution in [3.05, 3.63) is 0 Å². The Morgan fingerprint density at radius 2 is 1.54 bits per heavy atom. The molecule has 6 N–H and O–H groups in total. The molecule has 9 heteroatoms. The van der Waals surface area contributed by atoms with Gasteiger partial charge in [-0.25, -0.2) is 0 Å². The summed E-state index contributed by atoms with van der Waals surface area (Å²) in [5.74, 6) is -0.293. The largest absolute Gasteiger partial charge is 0.394 e. The lowest BCUT2D eigenvalue weighted by atomic mass is 9.71.